The second-order valence-corrected chi connectivity index (χ2v) is 9.46. The normalized spacial score (nSPS) is 21.6. The van der Waals surface area contributed by atoms with Gasteiger partial charge in [0.15, 0.2) is 0 Å². The Labute approximate surface area is 173 Å². The molecule has 1 aromatic carbocycles. The van der Waals surface area contributed by atoms with E-state index in [9.17, 15) is 10.2 Å². The number of rotatable bonds is 4. The quantitative estimate of drug-likeness (QED) is 0.787. The maximum atomic E-state index is 12.2. The number of hydrogen-bond acceptors (Lipinski definition) is 4. The molecule has 152 valence electrons. The standard InChI is InChI=1S/C25H30N2O2/c1-18(2)20-5-7-21(8-6-20)25(29,23(3)16-27(4)17-23)22-13-19(14-26-15-22)9-10-24(28)11-12-24/h5-8,13-15,18,28-29H,11-12,16-17H2,1-4H3. The van der Waals surface area contributed by atoms with Crippen LogP contribution in [-0.4, -0.2) is 45.8 Å². The lowest BCUT2D eigenvalue weighted by Gasteiger charge is -2.55. The van der Waals surface area contributed by atoms with E-state index < -0.39 is 11.2 Å². The van der Waals surface area contributed by atoms with Crippen LogP contribution in [0.2, 0.25) is 0 Å². The third kappa shape index (κ3) is 3.59. The largest absolute Gasteiger partial charge is 0.380 e. The van der Waals surface area contributed by atoms with E-state index in [0.29, 0.717) is 5.92 Å². The SMILES string of the molecule is CC(C)c1ccc(C(O)(c2cncc(C#CC3(O)CC3)c2)C2(C)CN(C)C2)cc1. The Balaban J connectivity index is 1.78. The predicted octanol–water partition coefficient (Wildman–Crippen LogP) is 3.27. The first-order valence-corrected chi connectivity index (χ1v) is 10.4. The van der Waals surface area contributed by atoms with Gasteiger partial charge in [0, 0.05) is 42.0 Å². The molecule has 0 spiro atoms. The summed E-state index contributed by atoms with van der Waals surface area (Å²) >= 11 is 0. The highest BCUT2D eigenvalue weighted by Gasteiger charge is 2.55. The number of pyridine rings is 1. The molecular formula is C25H30N2O2. The summed E-state index contributed by atoms with van der Waals surface area (Å²) in [6, 6.07) is 10.2. The summed E-state index contributed by atoms with van der Waals surface area (Å²) < 4.78 is 0. The molecule has 2 aromatic rings. The van der Waals surface area contributed by atoms with Crippen molar-refractivity contribution in [3.8, 4) is 11.8 Å². The Kier molecular flexibility index (Phi) is 4.82. The van der Waals surface area contributed by atoms with Crippen molar-refractivity contribution in [2.24, 2.45) is 5.41 Å². The average Bonchev–Trinajstić information content (AvgIpc) is 3.42. The van der Waals surface area contributed by atoms with Crippen molar-refractivity contribution < 1.29 is 10.2 Å². The lowest BCUT2D eigenvalue weighted by molar-refractivity contribution is -0.127. The van der Waals surface area contributed by atoms with Gasteiger partial charge in [0.1, 0.15) is 11.2 Å². The topological polar surface area (TPSA) is 56.6 Å². The second kappa shape index (κ2) is 6.95. The molecule has 4 rings (SSSR count). The van der Waals surface area contributed by atoms with Gasteiger partial charge >= 0.3 is 0 Å². The van der Waals surface area contributed by atoms with E-state index in [-0.39, 0.29) is 5.41 Å². The molecule has 0 amide bonds. The van der Waals surface area contributed by atoms with Crippen molar-refractivity contribution in [3.05, 3.63) is 65.0 Å². The Bertz CT molecular complexity index is 960. The Morgan fingerprint density at radius 3 is 2.31 bits per heavy atom. The van der Waals surface area contributed by atoms with Crippen molar-refractivity contribution in [1.82, 2.24) is 9.88 Å². The van der Waals surface area contributed by atoms with E-state index in [4.69, 9.17) is 0 Å². The molecule has 29 heavy (non-hydrogen) atoms. The van der Waals surface area contributed by atoms with Crippen LogP contribution < -0.4 is 0 Å². The summed E-state index contributed by atoms with van der Waals surface area (Å²) in [5, 5.41) is 22.2. The third-order valence-electron chi connectivity index (χ3n) is 6.43. The Morgan fingerprint density at radius 1 is 1.10 bits per heavy atom. The summed E-state index contributed by atoms with van der Waals surface area (Å²) in [6.07, 6.45) is 4.89. The van der Waals surface area contributed by atoms with Crippen LogP contribution in [0.1, 0.15) is 61.8 Å². The van der Waals surface area contributed by atoms with E-state index in [1.807, 2.05) is 18.2 Å². The smallest absolute Gasteiger partial charge is 0.126 e. The fourth-order valence-electron chi connectivity index (χ4n) is 4.48. The summed E-state index contributed by atoms with van der Waals surface area (Å²) in [7, 11) is 2.07. The third-order valence-corrected chi connectivity index (χ3v) is 6.43. The minimum Gasteiger partial charge on any atom is -0.380 e. The first-order valence-electron chi connectivity index (χ1n) is 10.4. The zero-order valence-electron chi connectivity index (χ0n) is 17.7. The van der Waals surface area contributed by atoms with Gasteiger partial charge in [-0.3, -0.25) is 4.98 Å². The summed E-state index contributed by atoms with van der Waals surface area (Å²) in [5.74, 6) is 6.43. The molecular weight excluding hydrogens is 360 g/mol. The molecule has 1 aliphatic carbocycles. The molecule has 1 saturated heterocycles. The molecule has 0 bridgehead atoms. The first kappa shape index (κ1) is 20.1. The molecule has 0 radical (unpaired) electrons. The molecule has 1 saturated carbocycles. The van der Waals surface area contributed by atoms with Crippen LogP contribution in [0.3, 0.4) is 0 Å². The monoisotopic (exact) mass is 390 g/mol. The maximum absolute atomic E-state index is 12.2. The van der Waals surface area contributed by atoms with Gasteiger partial charge in [0.25, 0.3) is 0 Å². The summed E-state index contributed by atoms with van der Waals surface area (Å²) in [5.41, 5.74) is 1.27. The number of nitrogens with zero attached hydrogens (tertiary/aromatic N) is 2. The van der Waals surface area contributed by atoms with Crippen molar-refractivity contribution in [2.45, 2.75) is 50.7 Å². The van der Waals surface area contributed by atoms with Gasteiger partial charge in [-0.25, -0.2) is 0 Å². The zero-order chi connectivity index (χ0) is 20.9. The van der Waals surface area contributed by atoms with Gasteiger partial charge in [-0.05, 0) is 43.0 Å². The van der Waals surface area contributed by atoms with Gasteiger partial charge in [-0.15, -0.1) is 0 Å². The van der Waals surface area contributed by atoms with Crippen molar-refractivity contribution in [3.63, 3.8) is 0 Å². The molecule has 2 heterocycles. The molecule has 2 N–H and O–H groups in total. The molecule has 1 aliphatic heterocycles. The van der Waals surface area contributed by atoms with E-state index in [2.05, 4.69) is 61.7 Å². The minimum absolute atomic E-state index is 0.330. The van der Waals surface area contributed by atoms with E-state index in [1.54, 1.807) is 12.4 Å². The molecule has 2 fully saturated rings. The van der Waals surface area contributed by atoms with Crippen LogP contribution in [0, 0.1) is 17.3 Å². The van der Waals surface area contributed by atoms with Gasteiger partial charge < -0.3 is 15.1 Å². The number of benzene rings is 1. The Morgan fingerprint density at radius 2 is 1.76 bits per heavy atom. The Hall–Kier alpha value is -2.19. The van der Waals surface area contributed by atoms with Crippen LogP contribution >= 0.6 is 0 Å². The number of hydrogen-bond donors (Lipinski definition) is 2. The van der Waals surface area contributed by atoms with Crippen LogP contribution in [-0.2, 0) is 5.60 Å². The summed E-state index contributed by atoms with van der Waals surface area (Å²) in [4.78, 5) is 6.59. The molecule has 4 heteroatoms. The minimum atomic E-state index is -1.17. The number of likely N-dealkylation sites (tertiary alicyclic amines) is 1. The van der Waals surface area contributed by atoms with Gasteiger partial charge in [0.2, 0.25) is 0 Å². The molecule has 1 atom stereocenters. The van der Waals surface area contributed by atoms with Crippen molar-refractivity contribution in [1.29, 1.82) is 0 Å². The molecule has 1 unspecified atom stereocenters. The first-order chi connectivity index (χ1) is 13.7. The van der Waals surface area contributed by atoms with Crippen molar-refractivity contribution in [2.75, 3.05) is 20.1 Å². The van der Waals surface area contributed by atoms with Gasteiger partial charge in [-0.1, -0.05) is 56.9 Å². The van der Waals surface area contributed by atoms with Crippen LogP contribution in [0.25, 0.3) is 0 Å². The van der Waals surface area contributed by atoms with E-state index in [0.717, 1.165) is 42.6 Å². The molecule has 2 aliphatic rings. The highest BCUT2D eigenvalue weighted by molar-refractivity contribution is 5.45. The van der Waals surface area contributed by atoms with E-state index in [1.165, 1.54) is 5.56 Å². The molecule has 1 aromatic heterocycles. The lowest BCUT2D eigenvalue weighted by atomic mass is 9.62. The van der Waals surface area contributed by atoms with Crippen LogP contribution in [0.5, 0.6) is 0 Å². The van der Waals surface area contributed by atoms with Gasteiger partial charge in [0.05, 0.1) is 0 Å². The highest BCUT2D eigenvalue weighted by Crippen LogP contribution is 2.50. The zero-order valence-corrected chi connectivity index (χ0v) is 17.7. The van der Waals surface area contributed by atoms with Crippen molar-refractivity contribution >= 4 is 0 Å². The fraction of sp³-hybridized carbons (Fsp3) is 0.480. The van der Waals surface area contributed by atoms with E-state index >= 15 is 0 Å². The predicted molar refractivity (Wildman–Crippen MR) is 114 cm³/mol. The van der Waals surface area contributed by atoms with Gasteiger partial charge in [-0.2, -0.15) is 0 Å². The second-order valence-electron chi connectivity index (χ2n) is 9.46. The average molecular weight is 391 g/mol. The maximum Gasteiger partial charge on any atom is 0.126 e. The summed E-state index contributed by atoms with van der Waals surface area (Å²) in [6.45, 7) is 8.07. The number of aromatic nitrogens is 1. The van der Waals surface area contributed by atoms with Crippen LogP contribution in [0.4, 0.5) is 0 Å². The highest BCUT2D eigenvalue weighted by atomic mass is 16.3. The fourth-order valence-corrected chi connectivity index (χ4v) is 4.48. The molecule has 4 nitrogen and oxygen atoms in total. The van der Waals surface area contributed by atoms with Crippen LogP contribution in [0.15, 0.2) is 42.7 Å². The lowest BCUT2D eigenvalue weighted by Crippen LogP contribution is -2.63. The number of aliphatic hydroxyl groups is 2.